The predicted octanol–water partition coefficient (Wildman–Crippen LogP) is 2.32. The Hall–Kier alpha value is -3.07. The molecule has 3 aromatic rings. The molecule has 0 spiro atoms. The van der Waals surface area contributed by atoms with Gasteiger partial charge in [0.1, 0.15) is 0 Å². The average Bonchev–Trinajstić information content (AvgIpc) is 3.14. The zero-order chi connectivity index (χ0) is 19.3. The molecule has 0 bridgehead atoms. The van der Waals surface area contributed by atoms with E-state index in [-0.39, 0.29) is 11.5 Å². The quantitative estimate of drug-likeness (QED) is 0.448. The Morgan fingerprint density at radius 2 is 1.96 bits per heavy atom. The summed E-state index contributed by atoms with van der Waals surface area (Å²) in [7, 11) is -3.29. The fourth-order valence-corrected chi connectivity index (χ4v) is 2.91. The number of aryl methyl sites for hydroxylation is 1. The largest absolute Gasteiger partial charge is 0.462 e. The van der Waals surface area contributed by atoms with Crippen LogP contribution in [-0.2, 0) is 21.0 Å². The molecular formula is C18H17N3O5S. The third-order valence-electron chi connectivity index (χ3n) is 3.67. The van der Waals surface area contributed by atoms with Crippen molar-refractivity contribution < 1.29 is 22.5 Å². The van der Waals surface area contributed by atoms with E-state index in [2.05, 4.69) is 15.1 Å². The lowest BCUT2D eigenvalue weighted by molar-refractivity contribution is 0.0498. The minimum absolute atomic E-state index is 0.153. The molecule has 3 rings (SSSR count). The van der Waals surface area contributed by atoms with E-state index in [0.717, 1.165) is 11.8 Å². The second-order valence-corrected chi connectivity index (χ2v) is 7.81. The van der Waals surface area contributed by atoms with Gasteiger partial charge in [0.05, 0.1) is 17.1 Å². The maximum atomic E-state index is 12.0. The maximum absolute atomic E-state index is 12.0. The molecule has 0 unspecified atom stereocenters. The molecule has 2 heterocycles. The second-order valence-electron chi connectivity index (χ2n) is 5.79. The molecule has 27 heavy (non-hydrogen) atoms. The number of ether oxygens (including phenoxy) is 1. The number of esters is 1. The van der Waals surface area contributed by atoms with Crippen LogP contribution in [0.2, 0.25) is 0 Å². The molecule has 0 N–H and O–H groups in total. The first-order valence-electron chi connectivity index (χ1n) is 8.14. The van der Waals surface area contributed by atoms with Crippen molar-refractivity contribution in [1.82, 2.24) is 15.1 Å². The molecule has 0 saturated heterocycles. The number of hydrogen-bond acceptors (Lipinski definition) is 8. The molecule has 1 aromatic carbocycles. The van der Waals surface area contributed by atoms with E-state index < -0.39 is 15.8 Å². The zero-order valence-corrected chi connectivity index (χ0v) is 15.3. The summed E-state index contributed by atoms with van der Waals surface area (Å²) in [4.78, 5) is 20.4. The van der Waals surface area contributed by atoms with Gasteiger partial charge in [-0.2, -0.15) is 4.98 Å². The average molecular weight is 387 g/mol. The Labute approximate surface area is 156 Å². The number of rotatable bonds is 7. The van der Waals surface area contributed by atoms with E-state index >= 15 is 0 Å². The molecule has 0 aliphatic carbocycles. The lowest BCUT2D eigenvalue weighted by Gasteiger charge is -2.04. The Bertz CT molecular complexity index is 1010. The smallest absolute Gasteiger partial charge is 0.338 e. The highest BCUT2D eigenvalue weighted by Gasteiger charge is 2.12. The van der Waals surface area contributed by atoms with Gasteiger partial charge in [-0.3, -0.25) is 4.98 Å². The normalized spacial score (nSPS) is 11.3. The fraction of sp³-hybridized carbons (Fsp3) is 0.222. The summed E-state index contributed by atoms with van der Waals surface area (Å²) >= 11 is 0. The van der Waals surface area contributed by atoms with Crippen LogP contribution in [-0.4, -0.2) is 42.4 Å². The van der Waals surface area contributed by atoms with Crippen LogP contribution in [0.5, 0.6) is 0 Å². The number of carbonyl (C=O) groups is 1. The van der Waals surface area contributed by atoms with Gasteiger partial charge in [0.15, 0.2) is 9.84 Å². The van der Waals surface area contributed by atoms with E-state index in [1.54, 1.807) is 18.5 Å². The van der Waals surface area contributed by atoms with Gasteiger partial charge >= 0.3 is 5.97 Å². The SMILES string of the molecule is CS(=O)(=O)c1ccc(C(=O)OCCCc2nc(-c3cccnc3)no2)cc1. The van der Waals surface area contributed by atoms with Crippen LogP contribution in [0, 0.1) is 0 Å². The molecule has 0 aliphatic rings. The maximum Gasteiger partial charge on any atom is 0.338 e. The van der Waals surface area contributed by atoms with E-state index in [1.807, 2.05) is 6.07 Å². The van der Waals surface area contributed by atoms with Crippen LogP contribution >= 0.6 is 0 Å². The molecule has 140 valence electrons. The monoisotopic (exact) mass is 387 g/mol. The van der Waals surface area contributed by atoms with Crippen molar-refractivity contribution in [1.29, 1.82) is 0 Å². The first kappa shape index (κ1) is 18.7. The van der Waals surface area contributed by atoms with Gasteiger partial charge in [-0.15, -0.1) is 0 Å². The molecule has 8 nitrogen and oxygen atoms in total. The molecule has 9 heteroatoms. The van der Waals surface area contributed by atoms with Gasteiger partial charge < -0.3 is 9.26 Å². The highest BCUT2D eigenvalue weighted by atomic mass is 32.2. The Morgan fingerprint density at radius 1 is 1.19 bits per heavy atom. The molecule has 0 fully saturated rings. The first-order chi connectivity index (χ1) is 12.9. The Kier molecular flexibility index (Phi) is 5.60. The van der Waals surface area contributed by atoms with Crippen LogP contribution in [0.15, 0.2) is 58.2 Å². The number of carbonyl (C=O) groups excluding carboxylic acids is 1. The van der Waals surface area contributed by atoms with Crippen LogP contribution in [0.3, 0.4) is 0 Å². The summed E-state index contributed by atoms with van der Waals surface area (Å²) < 4.78 is 33.2. The molecule has 0 amide bonds. The number of aromatic nitrogens is 3. The number of sulfone groups is 1. The van der Waals surface area contributed by atoms with E-state index in [1.165, 1.54) is 24.3 Å². The Balaban J connectivity index is 1.48. The second kappa shape index (κ2) is 8.09. The van der Waals surface area contributed by atoms with Crippen molar-refractivity contribution >= 4 is 15.8 Å². The van der Waals surface area contributed by atoms with E-state index in [0.29, 0.717) is 30.1 Å². The van der Waals surface area contributed by atoms with Crippen LogP contribution in [0.1, 0.15) is 22.7 Å². The molecule has 0 saturated carbocycles. The van der Waals surface area contributed by atoms with E-state index in [9.17, 15) is 13.2 Å². The van der Waals surface area contributed by atoms with Crippen molar-refractivity contribution in [3.63, 3.8) is 0 Å². The molecular weight excluding hydrogens is 370 g/mol. The lowest BCUT2D eigenvalue weighted by Crippen LogP contribution is -2.07. The summed E-state index contributed by atoms with van der Waals surface area (Å²) in [5.41, 5.74) is 1.05. The third-order valence-corrected chi connectivity index (χ3v) is 4.80. The predicted molar refractivity (Wildman–Crippen MR) is 95.7 cm³/mol. The van der Waals surface area contributed by atoms with Crippen molar-refractivity contribution in [3.05, 3.63) is 60.2 Å². The molecule has 0 atom stereocenters. The molecule has 0 aliphatic heterocycles. The highest BCUT2D eigenvalue weighted by molar-refractivity contribution is 7.90. The highest BCUT2D eigenvalue weighted by Crippen LogP contribution is 2.15. The van der Waals surface area contributed by atoms with Gasteiger partial charge in [0.25, 0.3) is 0 Å². The summed E-state index contributed by atoms with van der Waals surface area (Å²) in [6, 6.07) is 9.23. The minimum atomic E-state index is -3.29. The van der Waals surface area contributed by atoms with Gasteiger partial charge in [0.2, 0.25) is 11.7 Å². The van der Waals surface area contributed by atoms with Crippen molar-refractivity contribution in [2.45, 2.75) is 17.7 Å². The minimum Gasteiger partial charge on any atom is -0.462 e. The van der Waals surface area contributed by atoms with Crippen molar-refractivity contribution in [3.8, 4) is 11.4 Å². The van der Waals surface area contributed by atoms with Gasteiger partial charge in [-0.1, -0.05) is 5.16 Å². The van der Waals surface area contributed by atoms with Gasteiger partial charge in [-0.25, -0.2) is 13.2 Å². The number of hydrogen-bond donors (Lipinski definition) is 0. The summed E-state index contributed by atoms with van der Waals surface area (Å²) in [5, 5.41) is 3.89. The third kappa shape index (κ3) is 4.98. The summed E-state index contributed by atoms with van der Waals surface area (Å²) in [6.07, 6.45) is 5.39. The van der Waals surface area contributed by atoms with Gasteiger partial charge in [0, 0.05) is 30.6 Å². The first-order valence-corrected chi connectivity index (χ1v) is 10.0. The van der Waals surface area contributed by atoms with Crippen LogP contribution in [0.25, 0.3) is 11.4 Å². The van der Waals surface area contributed by atoms with Crippen LogP contribution in [0.4, 0.5) is 0 Å². The van der Waals surface area contributed by atoms with Crippen molar-refractivity contribution in [2.24, 2.45) is 0 Å². The topological polar surface area (TPSA) is 112 Å². The zero-order valence-electron chi connectivity index (χ0n) is 14.5. The van der Waals surface area contributed by atoms with Crippen molar-refractivity contribution in [2.75, 3.05) is 12.9 Å². The van der Waals surface area contributed by atoms with E-state index in [4.69, 9.17) is 9.26 Å². The number of nitrogens with zero attached hydrogens (tertiary/aromatic N) is 3. The molecule has 0 radical (unpaired) electrons. The fourth-order valence-electron chi connectivity index (χ4n) is 2.28. The van der Waals surface area contributed by atoms with Gasteiger partial charge in [-0.05, 0) is 42.8 Å². The molecule has 2 aromatic heterocycles. The standard InChI is InChI=1S/C18H17N3O5S/c1-27(23,24)15-8-6-13(7-9-15)18(22)25-11-3-5-16-20-17(21-26-16)14-4-2-10-19-12-14/h2,4,6-10,12H,3,5,11H2,1H3. The summed E-state index contributed by atoms with van der Waals surface area (Å²) in [5.74, 6) is 0.389. The number of pyridine rings is 1. The Morgan fingerprint density at radius 3 is 2.63 bits per heavy atom. The summed E-state index contributed by atoms with van der Waals surface area (Å²) in [6.45, 7) is 0.178. The lowest BCUT2D eigenvalue weighted by atomic mass is 10.2. The van der Waals surface area contributed by atoms with Crippen LogP contribution < -0.4 is 0 Å². The number of benzene rings is 1.